The van der Waals surface area contributed by atoms with Gasteiger partial charge in [-0.3, -0.25) is 5.10 Å². The Labute approximate surface area is 107 Å². The number of benzene rings is 1. The van der Waals surface area contributed by atoms with Crippen LogP contribution in [0, 0.1) is 0 Å². The van der Waals surface area contributed by atoms with Crippen molar-refractivity contribution in [2.45, 2.75) is 0 Å². The van der Waals surface area contributed by atoms with E-state index in [0.29, 0.717) is 23.0 Å². The lowest BCUT2D eigenvalue weighted by atomic mass is 10.2. The number of aromatic hydroxyl groups is 2. The molecule has 0 aliphatic heterocycles. The minimum atomic E-state index is -0.00511. The number of nitrogens with one attached hydrogen (secondary N) is 1. The third-order valence-electron chi connectivity index (χ3n) is 2.49. The minimum Gasteiger partial charge on any atom is -0.508 e. The second-order valence-electron chi connectivity index (χ2n) is 3.78. The molecule has 3 aromatic rings. The highest BCUT2D eigenvalue weighted by Crippen LogP contribution is 2.30. The maximum atomic E-state index is 9.74. The summed E-state index contributed by atoms with van der Waals surface area (Å²) in [6, 6.07) is 5.85. The molecule has 2 heterocycles. The summed E-state index contributed by atoms with van der Waals surface area (Å²) in [5, 5.41) is 25.8. The number of nitrogens with zero attached hydrogens (tertiary/aromatic N) is 4. The van der Waals surface area contributed by atoms with Gasteiger partial charge in [0.15, 0.2) is 11.6 Å². The van der Waals surface area contributed by atoms with Crippen molar-refractivity contribution < 1.29 is 10.2 Å². The van der Waals surface area contributed by atoms with E-state index in [1.165, 1.54) is 18.2 Å². The third kappa shape index (κ3) is 2.08. The maximum absolute atomic E-state index is 9.74. The first-order chi connectivity index (χ1) is 9.24. The van der Waals surface area contributed by atoms with Crippen molar-refractivity contribution in [2.75, 3.05) is 0 Å². The first kappa shape index (κ1) is 11.1. The second-order valence-corrected chi connectivity index (χ2v) is 3.78. The largest absolute Gasteiger partial charge is 0.508 e. The number of H-pyrrole nitrogens is 1. The summed E-state index contributed by atoms with van der Waals surface area (Å²) >= 11 is 0. The molecule has 0 aliphatic carbocycles. The molecule has 0 bridgehead atoms. The van der Waals surface area contributed by atoms with Crippen LogP contribution in [0.1, 0.15) is 0 Å². The van der Waals surface area contributed by atoms with Crippen LogP contribution in [-0.2, 0) is 0 Å². The Morgan fingerprint density at radius 2 is 1.79 bits per heavy atom. The van der Waals surface area contributed by atoms with Crippen LogP contribution in [-0.4, -0.2) is 35.4 Å². The van der Waals surface area contributed by atoms with Gasteiger partial charge in [-0.15, -0.1) is 5.10 Å². The molecule has 0 fully saturated rings. The van der Waals surface area contributed by atoms with E-state index in [1.54, 1.807) is 18.5 Å². The fraction of sp³-hybridized carbons (Fsp3) is 0. The van der Waals surface area contributed by atoms with Crippen LogP contribution in [0.3, 0.4) is 0 Å². The number of hydrogen-bond acceptors (Lipinski definition) is 6. The summed E-state index contributed by atoms with van der Waals surface area (Å²) in [6.45, 7) is 0. The van der Waals surface area contributed by atoms with Crippen LogP contribution in [0.4, 0.5) is 0 Å². The monoisotopic (exact) mass is 255 g/mol. The molecule has 3 rings (SSSR count). The lowest BCUT2D eigenvalue weighted by Gasteiger charge is -2.00. The third-order valence-corrected chi connectivity index (χ3v) is 2.49. The molecule has 7 nitrogen and oxygen atoms in total. The van der Waals surface area contributed by atoms with Crippen molar-refractivity contribution in [3.8, 4) is 34.5 Å². The van der Waals surface area contributed by atoms with Gasteiger partial charge >= 0.3 is 0 Å². The van der Waals surface area contributed by atoms with E-state index in [1.807, 2.05) is 0 Å². The highest BCUT2D eigenvalue weighted by Gasteiger charge is 2.13. The normalized spacial score (nSPS) is 10.5. The second kappa shape index (κ2) is 4.37. The van der Waals surface area contributed by atoms with E-state index < -0.39 is 0 Å². The molecule has 0 amide bonds. The fourth-order valence-corrected chi connectivity index (χ4v) is 1.61. The molecule has 1 aromatic carbocycles. The smallest absolute Gasteiger partial charge is 0.219 e. The molecule has 0 aliphatic rings. The van der Waals surface area contributed by atoms with Crippen molar-refractivity contribution in [1.29, 1.82) is 0 Å². The van der Waals surface area contributed by atoms with Crippen LogP contribution < -0.4 is 0 Å². The Morgan fingerprint density at radius 1 is 1.00 bits per heavy atom. The summed E-state index contributed by atoms with van der Waals surface area (Å²) in [4.78, 5) is 12.2. The van der Waals surface area contributed by atoms with Crippen LogP contribution in [0.5, 0.6) is 11.5 Å². The highest BCUT2D eigenvalue weighted by molar-refractivity contribution is 5.66. The van der Waals surface area contributed by atoms with Crippen molar-refractivity contribution in [3.05, 3.63) is 36.7 Å². The van der Waals surface area contributed by atoms with Gasteiger partial charge in [-0.1, -0.05) is 0 Å². The molecule has 94 valence electrons. The zero-order valence-corrected chi connectivity index (χ0v) is 9.65. The van der Waals surface area contributed by atoms with Crippen molar-refractivity contribution >= 4 is 0 Å². The van der Waals surface area contributed by atoms with E-state index in [9.17, 15) is 10.2 Å². The zero-order valence-electron chi connectivity index (χ0n) is 9.65. The summed E-state index contributed by atoms with van der Waals surface area (Å²) in [5.41, 5.74) is 0.356. The molecule has 0 unspecified atom stereocenters. The Kier molecular flexibility index (Phi) is 2.57. The Morgan fingerprint density at radius 3 is 2.58 bits per heavy atom. The Hall–Kier alpha value is -2.96. The lowest BCUT2D eigenvalue weighted by molar-refractivity contribution is 0.461. The van der Waals surface area contributed by atoms with Gasteiger partial charge in [0.05, 0.1) is 5.56 Å². The summed E-state index contributed by atoms with van der Waals surface area (Å²) < 4.78 is 0. The van der Waals surface area contributed by atoms with Crippen LogP contribution in [0.15, 0.2) is 36.7 Å². The van der Waals surface area contributed by atoms with Gasteiger partial charge in [-0.2, -0.15) is 0 Å². The van der Waals surface area contributed by atoms with E-state index in [4.69, 9.17) is 0 Å². The van der Waals surface area contributed by atoms with Crippen LogP contribution in [0.25, 0.3) is 23.0 Å². The van der Waals surface area contributed by atoms with E-state index in [2.05, 4.69) is 25.1 Å². The molecule has 2 aromatic heterocycles. The molecule has 3 N–H and O–H groups in total. The summed E-state index contributed by atoms with van der Waals surface area (Å²) in [6.07, 6.45) is 3.17. The van der Waals surface area contributed by atoms with Gasteiger partial charge in [-0.25, -0.2) is 15.0 Å². The average Bonchev–Trinajstić information content (AvgIpc) is 2.92. The average molecular weight is 255 g/mol. The minimum absolute atomic E-state index is 0.00511. The fourth-order valence-electron chi connectivity index (χ4n) is 1.61. The predicted octanol–water partition coefficient (Wildman–Crippen LogP) is 1.34. The zero-order chi connectivity index (χ0) is 13.2. The number of hydrogen-bond donors (Lipinski definition) is 3. The van der Waals surface area contributed by atoms with E-state index in [-0.39, 0.29) is 11.5 Å². The van der Waals surface area contributed by atoms with Crippen molar-refractivity contribution in [3.63, 3.8) is 0 Å². The van der Waals surface area contributed by atoms with Crippen LogP contribution >= 0.6 is 0 Å². The molecule has 0 atom stereocenters. The van der Waals surface area contributed by atoms with Gasteiger partial charge in [0.25, 0.3) is 0 Å². The molecule has 0 saturated carbocycles. The molecular formula is C12H9N5O2. The van der Waals surface area contributed by atoms with Gasteiger partial charge in [0.2, 0.25) is 5.82 Å². The molecule has 0 spiro atoms. The van der Waals surface area contributed by atoms with Gasteiger partial charge < -0.3 is 10.2 Å². The number of phenolic OH excluding ortho intramolecular Hbond substituents is 2. The first-order valence-corrected chi connectivity index (χ1v) is 5.46. The van der Waals surface area contributed by atoms with Gasteiger partial charge in [0.1, 0.15) is 11.5 Å². The number of rotatable bonds is 2. The maximum Gasteiger partial charge on any atom is 0.219 e. The Balaban J connectivity index is 2.04. The topological polar surface area (TPSA) is 108 Å². The number of aromatic amines is 1. The first-order valence-electron chi connectivity index (χ1n) is 5.46. The predicted molar refractivity (Wildman–Crippen MR) is 66.2 cm³/mol. The molecule has 19 heavy (non-hydrogen) atoms. The van der Waals surface area contributed by atoms with Gasteiger partial charge in [-0.05, 0) is 24.3 Å². The molecule has 0 radical (unpaired) electrons. The molecule has 0 saturated heterocycles. The molecule has 7 heteroatoms. The summed E-state index contributed by atoms with van der Waals surface area (Å²) in [7, 11) is 0. The van der Waals surface area contributed by atoms with Gasteiger partial charge in [0, 0.05) is 12.4 Å². The van der Waals surface area contributed by atoms with Crippen molar-refractivity contribution in [1.82, 2.24) is 25.1 Å². The standard InChI is InChI=1S/C12H9N5O2/c18-7-2-3-9(19)8(6-7)10-15-12(17-16-10)11-13-4-1-5-14-11/h1-6,18-19H,(H,15,16,17). The SMILES string of the molecule is Oc1ccc(O)c(-c2nc(-c3ncccn3)n[nH]2)c1. The number of aromatic nitrogens is 5. The summed E-state index contributed by atoms with van der Waals surface area (Å²) in [5.74, 6) is 1.05. The van der Waals surface area contributed by atoms with E-state index >= 15 is 0 Å². The van der Waals surface area contributed by atoms with Crippen molar-refractivity contribution in [2.24, 2.45) is 0 Å². The number of phenols is 2. The molecular weight excluding hydrogens is 246 g/mol. The quantitative estimate of drug-likeness (QED) is 0.596. The highest BCUT2D eigenvalue weighted by atomic mass is 16.3. The van der Waals surface area contributed by atoms with Crippen LogP contribution in [0.2, 0.25) is 0 Å². The lowest BCUT2D eigenvalue weighted by Crippen LogP contribution is -1.88. The Bertz CT molecular complexity index is 711. The van der Waals surface area contributed by atoms with E-state index in [0.717, 1.165) is 0 Å².